The monoisotopic (exact) mass is 609 g/mol. The second-order valence-corrected chi connectivity index (χ2v) is 12.0. The highest BCUT2D eigenvalue weighted by Crippen LogP contribution is 2.27. The average Bonchev–Trinajstić information content (AvgIpc) is 2.91. The van der Waals surface area contributed by atoms with Crippen molar-refractivity contribution in [3.63, 3.8) is 0 Å². The van der Waals surface area contributed by atoms with Crippen LogP contribution in [0.15, 0.2) is 71.6 Å². The summed E-state index contributed by atoms with van der Waals surface area (Å²) in [5, 5.41) is 3.45. The van der Waals surface area contributed by atoms with Gasteiger partial charge in [0.15, 0.2) is 0 Å². The van der Waals surface area contributed by atoms with Gasteiger partial charge in [-0.15, -0.1) is 0 Å². The minimum absolute atomic E-state index is 0.0642. The largest absolute Gasteiger partial charge is 0.497 e. The molecule has 0 aliphatic carbocycles. The normalized spacial score (nSPS) is 12.1. The van der Waals surface area contributed by atoms with Gasteiger partial charge < -0.3 is 15.0 Å². The number of benzene rings is 3. The quantitative estimate of drug-likeness (QED) is 0.319. The van der Waals surface area contributed by atoms with E-state index in [1.165, 1.54) is 54.5 Å². The molecule has 0 radical (unpaired) electrons. The van der Waals surface area contributed by atoms with Crippen molar-refractivity contribution < 1.29 is 27.1 Å². The molecule has 214 valence electrons. The third kappa shape index (κ3) is 7.65. The van der Waals surface area contributed by atoms with Crippen LogP contribution in [0.2, 0.25) is 10.0 Å². The molecule has 0 unspecified atom stereocenters. The van der Waals surface area contributed by atoms with Crippen LogP contribution in [0.4, 0.5) is 10.1 Å². The molecule has 12 heteroatoms. The summed E-state index contributed by atoms with van der Waals surface area (Å²) in [4.78, 5) is 28.0. The summed E-state index contributed by atoms with van der Waals surface area (Å²) >= 11 is 12.4. The first-order valence-corrected chi connectivity index (χ1v) is 14.5. The second kappa shape index (κ2) is 13.3. The van der Waals surface area contributed by atoms with Crippen LogP contribution in [0.5, 0.6) is 5.75 Å². The van der Waals surface area contributed by atoms with Crippen LogP contribution in [0, 0.1) is 5.82 Å². The lowest BCUT2D eigenvalue weighted by molar-refractivity contribution is -0.139. The average molecular weight is 611 g/mol. The van der Waals surface area contributed by atoms with Gasteiger partial charge in [-0.2, -0.15) is 0 Å². The fraction of sp³-hybridized carbons (Fsp3) is 0.286. The lowest BCUT2D eigenvalue weighted by atomic mass is 10.1. The van der Waals surface area contributed by atoms with E-state index in [0.717, 1.165) is 16.4 Å². The molecule has 0 aliphatic rings. The molecule has 0 spiro atoms. The highest BCUT2D eigenvalue weighted by molar-refractivity contribution is 7.92. The number of hydrogen-bond acceptors (Lipinski definition) is 5. The number of hydrogen-bond donors (Lipinski definition) is 1. The summed E-state index contributed by atoms with van der Waals surface area (Å²) in [6.07, 6.45) is 0. The number of ether oxygens (including phenoxy) is 1. The summed E-state index contributed by atoms with van der Waals surface area (Å²) in [6.45, 7) is 4.33. The Kier molecular flexibility index (Phi) is 10.4. The molecule has 0 saturated heterocycles. The summed E-state index contributed by atoms with van der Waals surface area (Å²) in [5.41, 5.74) is 0.573. The predicted octanol–water partition coefficient (Wildman–Crippen LogP) is 5.28. The summed E-state index contributed by atoms with van der Waals surface area (Å²) in [7, 11) is -2.86. The van der Waals surface area contributed by atoms with E-state index in [4.69, 9.17) is 27.9 Å². The van der Waals surface area contributed by atoms with Crippen LogP contribution in [-0.2, 0) is 26.2 Å². The van der Waals surface area contributed by atoms with Crippen molar-refractivity contribution in [1.29, 1.82) is 0 Å². The Bertz CT molecular complexity index is 1450. The van der Waals surface area contributed by atoms with Gasteiger partial charge in [-0.1, -0.05) is 29.3 Å². The first-order chi connectivity index (χ1) is 18.8. The van der Waals surface area contributed by atoms with Crippen LogP contribution in [-0.4, -0.2) is 50.9 Å². The number of carbonyl (C=O) groups excluding carboxylic acids is 2. The van der Waals surface area contributed by atoms with Crippen LogP contribution in [0.25, 0.3) is 0 Å². The van der Waals surface area contributed by atoms with Gasteiger partial charge in [0.05, 0.1) is 17.7 Å². The van der Waals surface area contributed by atoms with Crippen molar-refractivity contribution in [2.45, 2.75) is 44.3 Å². The molecular weight excluding hydrogens is 580 g/mol. The molecule has 1 atom stereocenters. The molecule has 3 aromatic carbocycles. The number of methoxy groups -OCH3 is 1. The van der Waals surface area contributed by atoms with E-state index < -0.39 is 40.2 Å². The van der Waals surface area contributed by atoms with Gasteiger partial charge in [-0.25, -0.2) is 12.8 Å². The van der Waals surface area contributed by atoms with Gasteiger partial charge >= 0.3 is 0 Å². The zero-order valence-corrected chi connectivity index (χ0v) is 24.7. The molecule has 0 bridgehead atoms. The zero-order chi connectivity index (χ0) is 29.6. The fourth-order valence-corrected chi connectivity index (χ4v) is 5.71. The van der Waals surface area contributed by atoms with Crippen molar-refractivity contribution in [1.82, 2.24) is 10.2 Å². The molecule has 8 nitrogen and oxygen atoms in total. The van der Waals surface area contributed by atoms with E-state index in [1.54, 1.807) is 32.9 Å². The highest BCUT2D eigenvalue weighted by Gasteiger charge is 2.33. The predicted molar refractivity (Wildman–Crippen MR) is 154 cm³/mol. The van der Waals surface area contributed by atoms with E-state index in [9.17, 15) is 22.4 Å². The van der Waals surface area contributed by atoms with Crippen molar-refractivity contribution in [3.05, 3.63) is 88.2 Å². The molecule has 0 fully saturated rings. The number of sulfonamides is 1. The summed E-state index contributed by atoms with van der Waals surface area (Å²) in [5.74, 6) is -1.24. The number of carbonyl (C=O) groups is 2. The number of nitrogens with one attached hydrogen (secondary N) is 1. The van der Waals surface area contributed by atoms with Gasteiger partial charge in [0, 0.05) is 22.6 Å². The standard InChI is InChI=1S/C28H30Cl2FN3O5S/c1-18(2)32-28(36)19(3)33(16-20-5-6-21(29)15-26(20)30)27(35)17-34(23-9-7-22(31)8-10-23)40(37,38)25-13-11-24(39-4)12-14-25/h5-15,18-19H,16-17H2,1-4H3,(H,32,36)/t19-/m1/s1. The SMILES string of the molecule is COc1ccc(S(=O)(=O)N(CC(=O)N(Cc2ccc(Cl)cc2Cl)[C@H](C)C(=O)NC(C)C)c2ccc(F)cc2)cc1. The number of amides is 2. The van der Waals surface area contributed by atoms with Gasteiger partial charge in [0.25, 0.3) is 10.0 Å². The minimum Gasteiger partial charge on any atom is -0.497 e. The molecule has 0 saturated carbocycles. The van der Waals surface area contributed by atoms with Crippen molar-refractivity contribution in [2.75, 3.05) is 18.0 Å². The van der Waals surface area contributed by atoms with Gasteiger partial charge in [-0.05, 0) is 87.0 Å². The van der Waals surface area contributed by atoms with Crippen LogP contribution in [0.3, 0.4) is 0 Å². The minimum atomic E-state index is -4.31. The maximum atomic E-state index is 13.9. The Morgan fingerprint density at radius 1 is 0.975 bits per heavy atom. The number of rotatable bonds is 11. The van der Waals surface area contributed by atoms with E-state index in [1.807, 2.05) is 0 Å². The van der Waals surface area contributed by atoms with Gasteiger partial charge in [0.2, 0.25) is 11.8 Å². The third-order valence-electron chi connectivity index (χ3n) is 5.99. The molecular formula is C28H30Cl2FN3O5S. The van der Waals surface area contributed by atoms with Crippen molar-refractivity contribution >= 4 is 50.7 Å². The maximum Gasteiger partial charge on any atom is 0.264 e. The molecule has 0 aliphatic heterocycles. The lowest BCUT2D eigenvalue weighted by Crippen LogP contribution is -2.52. The van der Waals surface area contributed by atoms with Crippen molar-refractivity contribution in [2.24, 2.45) is 0 Å². The van der Waals surface area contributed by atoms with E-state index >= 15 is 0 Å². The fourth-order valence-electron chi connectivity index (χ4n) is 3.83. The molecule has 40 heavy (non-hydrogen) atoms. The Hall–Kier alpha value is -3.34. The number of nitrogens with zero attached hydrogens (tertiary/aromatic N) is 2. The number of anilines is 1. The highest BCUT2D eigenvalue weighted by atomic mass is 35.5. The van der Waals surface area contributed by atoms with Crippen molar-refractivity contribution in [3.8, 4) is 5.75 Å². The molecule has 0 aromatic heterocycles. The van der Waals surface area contributed by atoms with E-state index in [0.29, 0.717) is 16.3 Å². The smallest absolute Gasteiger partial charge is 0.264 e. The molecule has 0 heterocycles. The zero-order valence-electron chi connectivity index (χ0n) is 22.4. The topological polar surface area (TPSA) is 96.0 Å². The molecule has 3 aromatic rings. The Morgan fingerprint density at radius 3 is 2.15 bits per heavy atom. The Morgan fingerprint density at radius 2 is 1.60 bits per heavy atom. The molecule has 1 N–H and O–H groups in total. The maximum absolute atomic E-state index is 13.9. The van der Waals surface area contributed by atoms with Gasteiger partial charge in [-0.3, -0.25) is 13.9 Å². The molecule has 2 amide bonds. The summed E-state index contributed by atoms with van der Waals surface area (Å²) < 4.78 is 47.3. The molecule has 3 rings (SSSR count). The third-order valence-corrected chi connectivity index (χ3v) is 8.37. The Labute approximate surface area is 243 Å². The first-order valence-electron chi connectivity index (χ1n) is 12.3. The lowest BCUT2D eigenvalue weighted by Gasteiger charge is -2.32. The van der Waals surface area contributed by atoms with Crippen LogP contribution < -0.4 is 14.4 Å². The van der Waals surface area contributed by atoms with Crippen LogP contribution in [0.1, 0.15) is 26.3 Å². The first kappa shape index (κ1) is 31.2. The summed E-state index contributed by atoms with van der Waals surface area (Å²) in [6, 6.07) is 13.9. The Balaban J connectivity index is 2.05. The number of halogens is 3. The second-order valence-electron chi connectivity index (χ2n) is 9.26. The van der Waals surface area contributed by atoms with E-state index in [-0.39, 0.29) is 28.2 Å². The van der Waals surface area contributed by atoms with E-state index in [2.05, 4.69) is 5.32 Å². The van der Waals surface area contributed by atoms with Crippen LogP contribution >= 0.6 is 23.2 Å². The van der Waals surface area contributed by atoms with Gasteiger partial charge in [0.1, 0.15) is 24.2 Å².